The van der Waals surface area contributed by atoms with Crippen molar-refractivity contribution in [3.8, 4) is 16.9 Å². The second kappa shape index (κ2) is 9.72. The molecule has 0 amide bonds. The van der Waals surface area contributed by atoms with E-state index in [0.29, 0.717) is 14.7 Å². The third-order valence-corrected chi connectivity index (χ3v) is 10.4. The van der Waals surface area contributed by atoms with Crippen LogP contribution in [0.3, 0.4) is 0 Å². The van der Waals surface area contributed by atoms with Crippen molar-refractivity contribution >= 4 is 36.7 Å². The number of nitrogens with zero attached hydrogens (tertiary/aromatic N) is 1. The minimum Gasteiger partial charge on any atom is -0.508 e. The molecular weight excluding hydrogens is 538 g/mol. The lowest BCUT2D eigenvalue weighted by atomic mass is 10.1. The Kier molecular flexibility index (Phi) is 6.53. The van der Waals surface area contributed by atoms with E-state index in [1.807, 2.05) is 0 Å². The lowest BCUT2D eigenvalue weighted by Gasteiger charge is -2.24. The molecule has 1 N–H and O–H groups in total. The molecule has 0 saturated carbocycles. The standard InChI is InChI=1S/C29H23NO7S2/c1-19-3-12-25(13-4-19)38(33,34)30(39(35,36)26-14-5-20(2)6-15-26)23-9-16-28-22(17-23)18-27(29(32)37-28)21-7-10-24(31)11-8-21/h3-18,31H,1-2H3. The van der Waals surface area contributed by atoms with Crippen molar-refractivity contribution < 1.29 is 26.4 Å². The van der Waals surface area contributed by atoms with Crippen LogP contribution in [-0.2, 0) is 20.0 Å². The number of aryl methyl sites for hydroxylation is 2. The predicted molar refractivity (Wildman–Crippen MR) is 149 cm³/mol. The van der Waals surface area contributed by atoms with Crippen LogP contribution in [0.25, 0.3) is 22.1 Å². The number of aromatic hydroxyl groups is 1. The first-order chi connectivity index (χ1) is 18.5. The average Bonchev–Trinajstić information content (AvgIpc) is 2.89. The third kappa shape index (κ3) is 4.91. The van der Waals surface area contributed by atoms with Crippen LogP contribution in [0.15, 0.2) is 116 Å². The Labute approximate surface area is 225 Å². The van der Waals surface area contributed by atoms with Crippen molar-refractivity contribution in [2.24, 2.45) is 0 Å². The van der Waals surface area contributed by atoms with Gasteiger partial charge in [-0.3, -0.25) is 0 Å². The summed E-state index contributed by atoms with van der Waals surface area (Å²) in [4.78, 5) is 12.2. The molecule has 5 rings (SSSR count). The maximum Gasteiger partial charge on any atom is 0.344 e. The van der Waals surface area contributed by atoms with Crippen LogP contribution in [0.5, 0.6) is 5.75 Å². The SMILES string of the molecule is Cc1ccc(S(=O)(=O)N(c2ccc3oc(=O)c(-c4ccc(O)cc4)cc3c2)S(=O)(=O)c2ccc(C)cc2)cc1. The van der Waals surface area contributed by atoms with Crippen molar-refractivity contribution in [2.75, 3.05) is 3.71 Å². The number of anilines is 1. The maximum absolute atomic E-state index is 13.9. The molecule has 1 aromatic heterocycles. The van der Waals surface area contributed by atoms with Gasteiger partial charge < -0.3 is 9.52 Å². The van der Waals surface area contributed by atoms with Gasteiger partial charge in [-0.05, 0) is 80.1 Å². The molecule has 10 heteroatoms. The van der Waals surface area contributed by atoms with Crippen molar-refractivity contribution in [1.82, 2.24) is 0 Å². The van der Waals surface area contributed by atoms with Crippen LogP contribution in [0.4, 0.5) is 5.69 Å². The zero-order valence-electron chi connectivity index (χ0n) is 20.9. The molecule has 0 bridgehead atoms. The molecule has 0 unspecified atom stereocenters. The summed E-state index contributed by atoms with van der Waals surface area (Å²) in [6, 6.07) is 23.1. The monoisotopic (exact) mass is 561 g/mol. The molecule has 0 saturated heterocycles. The van der Waals surface area contributed by atoms with Gasteiger partial charge >= 0.3 is 5.63 Å². The smallest absolute Gasteiger partial charge is 0.344 e. The summed E-state index contributed by atoms with van der Waals surface area (Å²) in [5.74, 6) is 0.0180. The number of fused-ring (bicyclic) bond motifs is 1. The number of hydrogen-bond donors (Lipinski definition) is 1. The summed E-state index contributed by atoms with van der Waals surface area (Å²) in [6.45, 7) is 3.58. The number of sulfonamides is 2. The minimum absolute atomic E-state index is 0.0180. The van der Waals surface area contributed by atoms with Crippen LogP contribution < -0.4 is 9.34 Å². The summed E-state index contributed by atoms with van der Waals surface area (Å²) in [6.07, 6.45) is 0. The fourth-order valence-corrected chi connectivity index (χ4v) is 7.76. The fraction of sp³-hybridized carbons (Fsp3) is 0.0690. The molecule has 0 aliphatic rings. The molecule has 1 heterocycles. The Morgan fingerprint density at radius 2 is 1.18 bits per heavy atom. The van der Waals surface area contributed by atoms with Gasteiger partial charge in [-0.1, -0.05) is 47.5 Å². The van der Waals surface area contributed by atoms with Crippen LogP contribution in [0.2, 0.25) is 0 Å². The minimum atomic E-state index is -4.61. The molecule has 198 valence electrons. The van der Waals surface area contributed by atoms with Gasteiger partial charge in [0, 0.05) is 5.39 Å². The highest BCUT2D eigenvalue weighted by molar-refractivity contribution is 8.10. The first-order valence-electron chi connectivity index (χ1n) is 11.8. The molecule has 0 aliphatic heterocycles. The summed E-state index contributed by atoms with van der Waals surface area (Å²) < 4.78 is 61.4. The number of phenolic OH excluding ortho intramolecular Hbond substituents is 1. The highest BCUT2D eigenvalue weighted by atomic mass is 32.3. The molecule has 39 heavy (non-hydrogen) atoms. The van der Waals surface area contributed by atoms with Crippen LogP contribution in [0, 0.1) is 13.8 Å². The van der Waals surface area contributed by atoms with E-state index >= 15 is 0 Å². The zero-order valence-corrected chi connectivity index (χ0v) is 22.5. The van der Waals surface area contributed by atoms with Crippen molar-refractivity contribution in [2.45, 2.75) is 23.6 Å². The van der Waals surface area contributed by atoms with Gasteiger partial charge in [0.15, 0.2) is 0 Å². The highest BCUT2D eigenvalue weighted by Gasteiger charge is 2.37. The van der Waals surface area contributed by atoms with E-state index in [9.17, 15) is 26.7 Å². The predicted octanol–water partition coefficient (Wildman–Crippen LogP) is 5.37. The number of hydrogen-bond acceptors (Lipinski definition) is 7. The molecule has 0 atom stereocenters. The van der Waals surface area contributed by atoms with Crippen molar-refractivity contribution in [3.63, 3.8) is 0 Å². The number of benzene rings is 4. The van der Waals surface area contributed by atoms with E-state index in [0.717, 1.165) is 11.1 Å². The Hall–Kier alpha value is -4.41. The van der Waals surface area contributed by atoms with E-state index in [1.165, 1.54) is 72.8 Å². The van der Waals surface area contributed by atoms with Gasteiger partial charge in [-0.15, -0.1) is 0 Å². The van der Waals surface area contributed by atoms with Crippen LogP contribution in [0.1, 0.15) is 11.1 Å². The number of phenols is 1. The molecule has 8 nitrogen and oxygen atoms in total. The fourth-order valence-electron chi connectivity index (χ4n) is 4.09. The first kappa shape index (κ1) is 26.2. The average molecular weight is 562 g/mol. The van der Waals surface area contributed by atoms with Crippen molar-refractivity contribution in [3.05, 3.63) is 119 Å². The zero-order chi connectivity index (χ0) is 27.9. The topological polar surface area (TPSA) is 122 Å². The van der Waals surface area contributed by atoms with E-state index in [4.69, 9.17) is 4.42 Å². The molecule has 0 spiro atoms. The van der Waals surface area contributed by atoms with E-state index < -0.39 is 25.7 Å². The van der Waals surface area contributed by atoms with Gasteiger partial charge in [-0.25, -0.2) is 21.6 Å². The molecule has 5 aromatic rings. The van der Waals surface area contributed by atoms with Crippen LogP contribution in [-0.4, -0.2) is 21.9 Å². The Balaban J connectivity index is 1.74. The molecule has 4 aromatic carbocycles. The van der Waals surface area contributed by atoms with E-state index in [-0.39, 0.29) is 32.4 Å². The number of rotatable bonds is 6. The van der Waals surface area contributed by atoms with Gasteiger partial charge in [-0.2, -0.15) is 3.71 Å². The van der Waals surface area contributed by atoms with Gasteiger partial charge in [0.2, 0.25) is 0 Å². The Bertz CT molecular complexity index is 1890. The second-order valence-corrected chi connectivity index (χ2v) is 12.9. The lowest BCUT2D eigenvalue weighted by molar-refractivity contribution is 0.475. The van der Waals surface area contributed by atoms with E-state index in [1.54, 1.807) is 38.1 Å². The maximum atomic E-state index is 13.9. The van der Waals surface area contributed by atoms with Gasteiger partial charge in [0.05, 0.1) is 21.0 Å². The largest absolute Gasteiger partial charge is 0.508 e. The Morgan fingerprint density at radius 3 is 1.69 bits per heavy atom. The summed E-state index contributed by atoms with van der Waals surface area (Å²) >= 11 is 0. The quantitative estimate of drug-likeness (QED) is 0.277. The normalized spacial score (nSPS) is 11.9. The first-order valence-corrected chi connectivity index (χ1v) is 14.7. The summed E-state index contributed by atoms with van der Waals surface area (Å²) in [5, 5.41) is 9.90. The molecule has 0 fully saturated rings. The van der Waals surface area contributed by atoms with Crippen molar-refractivity contribution in [1.29, 1.82) is 0 Å². The second-order valence-electron chi connectivity index (χ2n) is 9.05. The Morgan fingerprint density at radius 1 is 0.667 bits per heavy atom. The van der Waals surface area contributed by atoms with E-state index in [2.05, 4.69) is 0 Å². The third-order valence-electron chi connectivity index (χ3n) is 6.18. The van der Waals surface area contributed by atoms with Crippen LogP contribution >= 0.6 is 0 Å². The molecular formula is C29H23NO7S2. The van der Waals surface area contributed by atoms with Gasteiger partial charge in [0.1, 0.15) is 11.3 Å². The summed E-state index contributed by atoms with van der Waals surface area (Å²) in [5.41, 5.74) is 1.59. The molecule has 0 aliphatic carbocycles. The summed E-state index contributed by atoms with van der Waals surface area (Å²) in [7, 11) is -9.21. The van der Waals surface area contributed by atoms with Gasteiger partial charge in [0.25, 0.3) is 20.0 Å². The highest BCUT2D eigenvalue weighted by Crippen LogP contribution is 2.34. The molecule has 0 radical (unpaired) electrons. The lowest BCUT2D eigenvalue weighted by Crippen LogP contribution is -2.37.